The van der Waals surface area contributed by atoms with Crippen molar-refractivity contribution in [1.82, 2.24) is 13.6 Å². The predicted molar refractivity (Wildman–Crippen MR) is 149 cm³/mol. The predicted octanol–water partition coefficient (Wildman–Crippen LogP) is 4.18. The summed E-state index contributed by atoms with van der Waals surface area (Å²) in [5.41, 5.74) is -1.50. The number of halogens is 3. The number of aromatic nitrogens is 1. The van der Waals surface area contributed by atoms with E-state index in [9.17, 15) is 39.6 Å². The highest BCUT2D eigenvalue weighted by molar-refractivity contribution is 7.91. The van der Waals surface area contributed by atoms with Crippen molar-refractivity contribution >= 4 is 42.8 Å². The first-order valence-electron chi connectivity index (χ1n) is 12.9. The smallest absolute Gasteiger partial charge is 0.417 e. The minimum absolute atomic E-state index is 0.0104. The minimum atomic E-state index is -4.99. The molecular formula is C28H24F3N3O7S2. The Hall–Kier alpha value is -4.21. The van der Waals surface area contributed by atoms with Gasteiger partial charge in [0.25, 0.3) is 15.9 Å². The van der Waals surface area contributed by atoms with Crippen LogP contribution in [0.15, 0.2) is 88.8 Å². The lowest BCUT2D eigenvalue weighted by Crippen LogP contribution is -2.46. The van der Waals surface area contributed by atoms with Crippen LogP contribution in [0.2, 0.25) is 0 Å². The molecule has 1 aliphatic heterocycles. The molecule has 5 rings (SSSR count). The lowest BCUT2D eigenvalue weighted by molar-refractivity contribution is -0.136. The molecule has 1 amide bonds. The topological polar surface area (TPSA) is 143 Å². The van der Waals surface area contributed by atoms with Gasteiger partial charge in [-0.25, -0.2) is 30.3 Å². The zero-order valence-corrected chi connectivity index (χ0v) is 23.8. The number of carboxylic acid groups (broad SMARTS) is 1. The molecule has 43 heavy (non-hydrogen) atoms. The Morgan fingerprint density at radius 2 is 1.44 bits per heavy atom. The maximum atomic E-state index is 14.1. The quantitative estimate of drug-likeness (QED) is 0.310. The molecule has 1 saturated heterocycles. The summed E-state index contributed by atoms with van der Waals surface area (Å²) in [5.74, 6) is -1.53. The highest BCUT2D eigenvalue weighted by atomic mass is 32.2. The van der Waals surface area contributed by atoms with Gasteiger partial charge in [-0.1, -0.05) is 24.3 Å². The fraction of sp³-hybridized carbons (Fsp3) is 0.214. The molecule has 15 heteroatoms. The SMILES string of the molecule is O=C(O)c1ccc(C(=O)N2CCC(NS(=O)(=O)c3cn(S(=O)(=O)c4ccccc4)c4cccc(C(F)(F)F)c34)CC2)cc1. The van der Waals surface area contributed by atoms with Crippen molar-refractivity contribution in [2.75, 3.05) is 13.1 Å². The van der Waals surface area contributed by atoms with Gasteiger partial charge in [-0.05, 0) is 61.4 Å². The zero-order valence-electron chi connectivity index (χ0n) is 22.2. The molecule has 2 N–H and O–H groups in total. The van der Waals surface area contributed by atoms with Gasteiger partial charge in [-0.15, -0.1) is 0 Å². The number of benzene rings is 3. The van der Waals surface area contributed by atoms with Crippen LogP contribution in [0, 0.1) is 0 Å². The summed E-state index contributed by atoms with van der Waals surface area (Å²) in [5, 5.41) is 8.26. The van der Waals surface area contributed by atoms with E-state index in [0.717, 1.165) is 12.1 Å². The molecule has 226 valence electrons. The number of fused-ring (bicyclic) bond motifs is 1. The normalized spacial score (nSPS) is 15.1. The second-order valence-electron chi connectivity index (χ2n) is 9.87. The van der Waals surface area contributed by atoms with E-state index in [2.05, 4.69) is 4.72 Å². The van der Waals surface area contributed by atoms with Gasteiger partial charge in [0.05, 0.1) is 21.5 Å². The Morgan fingerprint density at radius 3 is 2.02 bits per heavy atom. The Bertz CT molecular complexity index is 1920. The summed E-state index contributed by atoms with van der Waals surface area (Å²) in [6, 6.07) is 14.3. The molecule has 0 spiro atoms. The van der Waals surface area contributed by atoms with Crippen LogP contribution < -0.4 is 4.72 Å². The number of carbonyl (C=O) groups is 2. The van der Waals surface area contributed by atoms with Gasteiger partial charge in [0.2, 0.25) is 10.0 Å². The number of amides is 1. The molecule has 0 bridgehead atoms. The van der Waals surface area contributed by atoms with Crippen molar-refractivity contribution in [3.63, 3.8) is 0 Å². The third-order valence-corrected chi connectivity index (χ3v) is 10.4. The van der Waals surface area contributed by atoms with Crippen LogP contribution >= 0.6 is 0 Å². The fourth-order valence-corrected chi connectivity index (χ4v) is 7.97. The maximum absolute atomic E-state index is 14.1. The highest BCUT2D eigenvalue weighted by Crippen LogP contribution is 2.40. The molecular weight excluding hydrogens is 611 g/mol. The van der Waals surface area contributed by atoms with Crippen molar-refractivity contribution in [3.8, 4) is 0 Å². The van der Waals surface area contributed by atoms with E-state index in [1.807, 2.05) is 0 Å². The summed E-state index contributed by atoms with van der Waals surface area (Å²) >= 11 is 0. The van der Waals surface area contributed by atoms with E-state index in [0.29, 0.717) is 16.2 Å². The Morgan fingerprint density at radius 1 is 0.837 bits per heavy atom. The Kier molecular flexibility index (Phi) is 7.83. The largest absolute Gasteiger partial charge is 0.478 e. The third-order valence-electron chi connectivity index (χ3n) is 7.14. The monoisotopic (exact) mass is 635 g/mol. The summed E-state index contributed by atoms with van der Waals surface area (Å²) in [6.45, 7) is 0.231. The first-order chi connectivity index (χ1) is 20.2. The third kappa shape index (κ3) is 5.87. The molecule has 0 atom stereocenters. The van der Waals surface area contributed by atoms with Gasteiger partial charge in [0.15, 0.2) is 0 Å². The van der Waals surface area contributed by atoms with E-state index in [-0.39, 0.29) is 47.9 Å². The zero-order chi connectivity index (χ0) is 31.2. The molecule has 0 aliphatic carbocycles. The fourth-order valence-electron chi connectivity index (χ4n) is 4.99. The van der Waals surface area contributed by atoms with Gasteiger partial charge < -0.3 is 10.0 Å². The molecule has 0 radical (unpaired) electrons. The number of carboxylic acids is 1. The average molecular weight is 636 g/mol. The Balaban J connectivity index is 1.44. The summed E-state index contributed by atoms with van der Waals surface area (Å²) in [7, 11) is -9.16. The number of likely N-dealkylation sites (tertiary alicyclic amines) is 1. The van der Waals surface area contributed by atoms with E-state index in [1.165, 1.54) is 53.4 Å². The van der Waals surface area contributed by atoms with Crippen molar-refractivity contribution in [1.29, 1.82) is 0 Å². The molecule has 0 saturated carbocycles. The van der Waals surface area contributed by atoms with E-state index in [4.69, 9.17) is 5.11 Å². The molecule has 10 nitrogen and oxygen atoms in total. The molecule has 3 aromatic carbocycles. The second kappa shape index (κ2) is 11.1. The van der Waals surface area contributed by atoms with E-state index >= 15 is 0 Å². The number of hydrogen-bond donors (Lipinski definition) is 2. The number of alkyl halides is 3. The van der Waals surface area contributed by atoms with Gasteiger partial charge in [-0.2, -0.15) is 13.2 Å². The molecule has 2 heterocycles. The summed E-state index contributed by atoms with van der Waals surface area (Å²) in [4.78, 5) is 24.3. The van der Waals surface area contributed by atoms with E-state index < -0.39 is 59.6 Å². The number of nitrogens with one attached hydrogen (secondary N) is 1. The number of rotatable bonds is 7. The first kappa shape index (κ1) is 30.3. The van der Waals surface area contributed by atoms with Gasteiger partial charge >= 0.3 is 12.1 Å². The number of carbonyl (C=O) groups excluding carboxylic acids is 1. The van der Waals surface area contributed by atoms with Crippen LogP contribution in [0.1, 0.15) is 39.1 Å². The highest BCUT2D eigenvalue weighted by Gasteiger charge is 2.38. The van der Waals surface area contributed by atoms with Crippen LogP contribution in [0.4, 0.5) is 13.2 Å². The number of aromatic carboxylic acids is 1. The van der Waals surface area contributed by atoms with Crippen molar-refractivity contribution in [3.05, 3.63) is 95.7 Å². The molecule has 1 aliphatic rings. The minimum Gasteiger partial charge on any atom is -0.478 e. The van der Waals surface area contributed by atoms with Crippen LogP contribution in [0.3, 0.4) is 0 Å². The van der Waals surface area contributed by atoms with E-state index in [1.54, 1.807) is 6.07 Å². The van der Waals surface area contributed by atoms with Crippen LogP contribution in [-0.2, 0) is 26.2 Å². The van der Waals surface area contributed by atoms with Gasteiger partial charge in [-0.3, -0.25) is 4.79 Å². The van der Waals surface area contributed by atoms with Crippen molar-refractivity contribution < 1.29 is 44.7 Å². The van der Waals surface area contributed by atoms with Crippen LogP contribution in [0.5, 0.6) is 0 Å². The van der Waals surface area contributed by atoms with Gasteiger partial charge in [0, 0.05) is 36.3 Å². The van der Waals surface area contributed by atoms with Crippen LogP contribution in [-0.4, -0.2) is 61.8 Å². The number of piperidine rings is 1. The van der Waals surface area contributed by atoms with Gasteiger partial charge in [0.1, 0.15) is 4.90 Å². The van der Waals surface area contributed by atoms with Crippen molar-refractivity contribution in [2.45, 2.75) is 34.9 Å². The number of sulfonamides is 1. The lowest BCUT2D eigenvalue weighted by atomic mass is 10.0. The van der Waals surface area contributed by atoms with Crippen LogP contribution in [0.25, 0.3) is 10.9 Å². The standard InChI is InChI=1S/C28H24F3N3O7S2/c29-28(30,31)22-7-4-8-23-25(22)24(17-34(23)43(40,41)21-5-2-1-3-6-21)42(38,39)32-20-13-15-33(16-14-20)26(35)18-9-11-19(12-10-18)27(36)37/h1-12,17,20,32H,13-16H2,(H,36,37). The lowest BCUT2D eigenvalue weighted by Gasteiger charge is -2.32. The molecule has 1 fully saturated rings. The van der Waals surface area contributed by atoms with Crippen molar-refractivity contribution in [2.24, 2.45) is 0 Å². The summed E-state index contributed by atoms with van der Waals surface area (Å²) in [6.07, 6.45) is -4.04. The molecule has 0 unspecified atom stereocenters. The molecule has 4 aromatic rings. The Labute approximate surface area is 244 Å². The number of hydrogen-bond acceptors (Lipinski definition) is 6. The average Bonchev–Trinajstić information content (AvgIpc) is 3.39. The molecule has 1 aromatic heterocycles. The number of nitrogens with zero attached hydrogens (tertiary/aromatic N) is 2. The second-order valence-corrected chi connectivity index (χ2v) is 13.4. The first-order valence-corrected chi connectivity index (χ1v) is 15.8. The summed E-state index contributed by atoms with van der Waals surface area (Å²) < 4.78 is 99.1. The maximum Gasteiger partial charge on any atom is 0.417 e.